The van der Waals surface area contributed by atoms with Crippen LogP contribution >= 0.6 is 38.5 Å². The maximum atomic E-state index is 12.8. The Balaban J connectivity index is 2.36. The highest BCUT2D eigenvalue weighted by molar-refractivity contribution is 14.1. The molecule has 0 aliphatic heterocycles. The summed E-state index contributed by atoms with van der Waals surface area (Å²) in [7, 11) is -3.94. The number of nitrogens with one attached hydrogen (secondary N) is 1. The molecule has 0 unspecified atom stereocenters. The van der Waals surface area contributed by atoms with Crippen molar-refractivity contribution in [3.8, 4) is 0 Å². The molecule has 0 aliphatic rings. The van der Waals surface area contributed by atoms with Gasteiger partial charge in [-0.15, -0.1) is 0 Å². The van der Waals surface area contributed by atoms with Crippen LogP contribution in [0.4, 0.5) is 18.9 Å². The number of sulfonamides is 1. The standard InChI is InChI=1S/C13H8BrF3INO2S/c14-12-6-3-9(7-11(12)13(15,16)17)19-22(20,21)10-4-1-8(18)2-5-10/h1-7,19H. The van der Waals surface area contributed by atoms with E-state index in [-0.39, 0.29) is 15.1 Å². The number of hydrogen-bond acceptors (Lipinski definition) is 2. The summed E-state index contributed by atoms with van der Waals surface area (Å²) in [4.78, 5) is -0.0237. The highest BCUT2D eigenvalue weighted by atomic mass is 127. The fourth-order valence-corrected chi connectivity index (χ4v) is 3.51. The van der Waals surface area contributed by atoms with Crippen LogP contribution in [0.3, 0.4) is 0 Å². The lowest BCUT2D eigenvalue weighted by atomic mass is 10.2. The first kappa shape index (κ1) is 17.5. The maximum Gasteiger partial charge on any atom is 0.417 e. The molecule has 118 valence electrons. The summed E-state index contributed by atoms with van der Waals surface area (Å²) < 4.78 is 65.6. The van der Waals surface area contributed by atoms with Gasteiger partial charge in [-0.3, -0.25) is 4.72 Å². The second-order valence-corrected chi connectivity index (χ2v) is 8.03. The van der Waals surface area contributed by atoms with E-state index >= 15 is 0 Å². The second-order valence-electron chi connectivity index (χ2n) is 4.25. The molecule has 0 aliphatic carbocycles. The lowest BCUT2D eigenvalue weighted by Gasteiger charge is -2.13. The lowest BCUT2D eigenvalue weighted by molar-refractivity contribution is -0.138. The van der Waals surface area contributed by atoms with Crippen LogP contribution in [0.5, 0.6) is 0 Å². The molecular formula is C13H8BrF3INO2S. The van der Waals surface area contributed by atoms with Crippen molar-refractivity contribution < 1.29 is 21.6 Å². The Morgan fingerprint density at radius 1 is 1.05 bits per heavy atom. The smallest absolute Gasteiger partial charge is 0.280 e. The van der Waals surface area contributed by atoms with Gasteiger partial charge in [0, 0.05) is 13.7 Å². The highest BCUT2D eigenvalue weighted by Crippen LogP contribution is 2.36. The molecule has 2 aromatic carbocycles. The number of alkyl halides is 3. The number of halogens is 5. The normalized spacial score (nSPS) is 12.2. The van der Waals surface area contributed by atoms with Gasteiger partial charge in [0.25, 0.3) is 10.0 Å². The van der Waals surface area contributed by atoms with Crippen LogP contribution in [0.2, 0.25) is 0 Å². The van der Waals surface area contributed by atoms with Gasteiger partial charge in [-0.1, -0.05) is 15.9 Å². The van der Waals surface area contributed by atoms with E-state index in [9.17, 15) is 21.6 Å². The SMILES string of the molecule is O=S(=O)(Nc1ccc(Br)c(C(F)(F)F)c1)c1ccc(I)cc1. The summed E-state index contributed by atoms with van der Waals surface area (Å²) in [6.45, 7) is 0. The van der Waals surface area contributed by atoms with Crippen molar-refractivity contribution in [2.24, 2.45) is 0 Å². The van der Waals surface area contributed by atoms with Crippen LogP contribution in [0, 0.1) is 3.57 Å². The molecule has 0 atom stereocenters. The summed E-state index contributed by atoms with van der Waals surface area (Å²) >= 11 is 4.82. The van der Waals surface area contributed by atoms with Crippen molar-refractivity contribution in [3.05, 3.63) is 56.1 Å². The van der Waals surface area contributed by atoms with Crippen LogP contribution in [0.15, 0.2) is 51.8 Å². The van der Waals surface area contributed by atoms with Gasteiger partial charge in [-0.05, 0) is 65.1 Å². The molecule has 0 fully saturated rings. The Morgan fingerprint density at radius 3 is 2.18 bits per heavy atom. The predicted molar refractivity (Wildman–Crippen MR) is 89.1 cm³/mol. The van der Waals surface area contributed by atoms with Gasteiger partial charge >= 0.3 is 6.18 Å². The molecule has 2 aromatic rings. The quantitative estimate of drug-likeness (QED) is 0.605. The maximum absolute atomic E-state index is 12.8. The minimum atomic E-state index is -4.58. The molecule has 0 bridgehead atoms. The average Bonchev–Trinajstić information content (AvgIpc) is 2.40. The van der Waals surface area contributed by atoms with Crippen molar-refractivity contribution in [1.29, 1.82) is 0 Å². The van der Waals surface area contributed by atoms with E-state index in [0.29, 0.717) is 0 Å². The van der Waals surface area contributed by atoms with Gasteiger partial charge in [-0.25, -0.2) is 8.42 Å². The summed E-state index contributed by atoms with van der Waals surface area (Å²) in [5.41, 5.74) is -1.11. The topological polar surface area (TPSA) is 46.2 Å². The van der Waals surface area contributed by atoms with E-state index in [1.54, 1.807) is 12.1 Å². The van der Waals surface area contributed by atoms with Crippen molar-refractivity contribution in [2.45, 2.75) is 11.1 Å². The fraction of sp³-hybridized carbons (Fsp3) is 0.0769. The molecule has 2 rings (SSSR count). The van der Waals surface area contributed by atoms with E-state index in [1.165, 1.54) is 18.2 Å². The molecule has 3 nitrogen and oxygen atoms in total. The molecule has 22 heavy (non-hydrogen) atoms. The van der Waals surface area contributed by atoms with Gasteiger partial charge in [0.2, 0.25) is 0 Å². The van der Waals surface area contributed by atoms with Crippen LogP contribution in [-0.2, 0) is 16.2 Å². The summed E-state index contributed by atoms with van der Waals surface area (Å²) in [6, 6.07) is 9.10. The monoisotopic (exact) mass is 505 g/mol. The van der Waals surface area contributed by atoms with Crippen LogP contribution < -0.4 is 4.72 Å². The third kappa shape index (κ3) is 4.13. The number of anilines is 1. The van der Waals surface area contributed by atoms with Gasteiger partial charge in [-0.2, -0.15) is 13.2 Å². The molecule has 0 amide bonds. The lowest BCUT2D eigenvalue weighted by Crippen LogP contribution is -2.14. The minimum absolute atomic E-state index is 0.0237. The van der Waals surface area contributed by atoms with E-state index in [2.05, 4.69) is 20.7 Å². The molecule has 0 saturated heterocycles. The van der Waals surface area contributed by atoms with E-state index < -0.39 is 21.8 Å². The average molecular weight is 506 g/mol. The Bertz CT molecular complexity index is 792. The second kappa shape index (κ2) is 6.36. The third-order valence-corrected chi connectivity index (χ3v) is 5.46. The van der Waals surface area contributed by atoms with Crippen LogP contribution in [0.25, 0.3) is 0 Å². The Hall–Kier alpha value is -0.810. The molecule has 0 heterocycles. The van der Waals surface area contributed by atoms with Gasteiger partial charge in [0.1, 0.15) is 0 Å². The van der Waals surface area contributed by atoms with Gasteiger partial charge in [0.15, 0.2) is 0 Å². The molecule has 0 saturated carbocycles. The fourth-order valence-electron chi connectivity index (χ4n) is 1.63. The van der Waals surface area contributed by atoms with Crippen molar-refractivity contribution in [1.82, 2.24) is 0 Å². The zero-order chi connectivity index (χ0) is 16.5. The molecule has 9 heteroatoms. The largest absolute Gasteiger partial charge is 0.417 e. The van der Waals surface area contributed by atoms with Crippen molar-refractivity contribution >= 4 is 54.2 Å². The Morgan fingerprint density at radius 2 is 1.64 bits per heavy atom. The first-order valence-corrected chi connectivity index (χ1v) is 9.10. The van der Waals surface area contributed by atoms with Crippen LogP contribution in [0.1, 0.15) is 5.56 Å². The third-order valence-electron chi connectivity index (χ3n) is 2.65. The predicted octanol–water partition coefficient (Wildman–Crippen LogP) is 4.87. The summed E-state index contributed by atoms with van der Waals surface area (Å²) in [5, 5.41) is 0. The zero-order valence-corrected chi connectivity index (χ0v) is 15.2. The molecule has 1 N–H and O–H groups in total. The number of rotatable bonds is 3. The minimum Gasteiger partial charge on any atom is -0.280 e. The van der Waals surface area contributed by atoms with Crippen molar-refractivity contribution in [3.63, 3.8) is 0 Å². The first-order valence-electron chi connectivity index (χ1n) is 5.75. The molecule has 0 aromatic heterocycles. The van der Waals surface area contributed by atoms with Crippen molar-refractivity contribution in [2.75, 3.05) is 4.72 Å². The van der Waals surface area contributed by atoms with Crippen LogP contribution in [-0.4, -0.2) is 8.42 Å². The van der Waals surface area contributed by atoms with E-state index in [4.69, 9.17) is 0 Å². The highest BCUT2D eigenvalue weighted by Gasteiger charge is 2.33. The van der Waals surface area contributed by atoms with E-state index in [1.807, 2.05) is 22.6 Å². The number of hydrogen-bond donors (Lipinski definition) is 1. The number of benzene rings is 2. The Kier molecular flexibility index (Phi) is 5.07. The van der Waals surface area contributed by atoms with E-state index in [0.717, 1.165) is 15.7 Å². The Labute approximate surface area is 147 Å². The first-order chi connectivity index (χ1) is 10.1. The van der Waals surface area contributed by atoms with Gasteiger partial charge < -0.3 is 0 Å². The van der Waals surface area contributed by atoms with Gasteiger partial charge in [0.05, 0.1) is 10.5 Å². The zero-order valence-electron chi connectivity index (χ0n) is 10.7. The summed E-state index contributed by atoms with van der Waals surface area (Å²) in [6.07, 6.45) is -4.58. The molecule has 0 radical (unpaired) electrons. The molecular weight excluding hydrogens is 498 g/mol. The molecule has 0 spiro atoms. The summed E-state index contributed by atoms with van der Waals surface area (Å²) in [5.74, 6) is 0.